The Labute approximate surface area is 175 Å². The topological polar surface area (TPSA) is 97.0 Å². The first-order valence-corrected chi connectivity index (χ1v) is 9.58. The molecule has 1 aliphatic heterocycles. The van der Waals surface area contributed by atoms with E-state index in [2.05, 4.69) is 21.4 Å². The molecule has 1 heterocycles. The Balaban J connectivity index is 1.58. The Bertz CT molecular complexity index is 940. The van der Waals surface area contributed by atoms with Crippen LogP contribution in [-0.2, 0) is 20.7 Å². The number of anilines is 1. The number of hydrogen-bond acceptors (Lipinski definition) is 6. The van der Waals surface area contributed by atoms with E-state index in [9.17, 15) is 14.4 Å². The third-order valence-corrected chi connectivity index (χ3v) is 4.95. The summed E-state index contributed by atoms with van der Waals surface area (Å²) in [5.41, 5.74) is 2.96. The summed E-state index contributed by atoms with van der Waals surface area (Å²) in [6.07, 6.45) is 0.868. The summed E-state index contributed by atoms with van der Waals surface area (Å²) in [4.78, 5) is 37.9. The number of methoxy groups -OCH3 is 1. The number of carbonyl (C=O) groups is 3. The minimum atomic E-state index is -0.777. The van der Waals surface area contributed by atoms with Gasteiger partial charge in [-0.3, -0.25) is 9.59 Å². The van der Waals surface area contributed by atoms with E-state index in [1.54, 1.807) is 0 Å². The first kappa shape index (κ1) is 21.3. The van der Waals surface area contributed by atoms with Gasteiger partial charge in [-0.25, -0.2) is 4.79 Å². The molecule has 1 atom stereocenters. The van der Waals surface area contributed by atoms with Crippen LogP contribution < -0.4 is 15.4 Å². The number of fused-ring (bicyclic) bond motifs is 1. The van der Waals surface area contributed by atoms with E-state index in [1.165, 1.54) is 31.4 Å². The molecular formula is C22H25N3O5. The summed E-state index contributed by atoms with van der Waals surface area (Å²) in [7, 11) is 5.13. The first-order chi connectivity index (χ1) is 14.4. The standard InChI is InChI=1S/C22H25N3O5/c1-25(2)18(15-6-9-19-16(12-15)10-11-30-19)13-23-20(26)21(27)24-17-7-4-14(5-8-17)22(28)29-3/h4-9,12,18H,10-11,13H2,1-3H3,(H,23,26)(H,24,27)/t18-/m0/s1. The van der Waals surface area contributed by atoms with Gasteiger partial charge in [-0.05, 0) is 55.6 Å². The number of likely N-dealkylation sites (N-methyl/N-ethyl adjacent to an activating group) is 1. The van der Waals surface area contributed by atoms with E-state index in [4.69, 9.17) is 4.74 Å². The maximum atomic E-state index is 12.3. The van der Waals surface area contributed by atoms with E-state index in [0.29, 0.717) is 17.9 Å². The third-order valence-electron chi connectivity index (χ3n) is 4.95. The van der Waals surface area contributed by atoms with Gasteiger partial charge in [-0.15, -0.1) is 0 Å². The fraction of sp³-hybridized carbons (Fsp3) is 0.318. The average molecular weight is 411 g/mol. The fourth-order valence-corrected chi connectivity index (χ4v) is 3.28. The Morgan fingerprint density at radius 2 is 1.83 bits per heavy atom. The lowest BCUT2D eigenvalue weighted by molar-refractivity contribution is -0.136. The second-order valence-corrected chi connectivity index (χ2v) is 7.18. The Kier molecular flexibility index (Phi) is 6.68. The van der Waals surface area contributed by atoms with Gasteiger partial charge in [-0.2, -0.15) is 0 Å². The number of carbonyl (C=O) groups excluding carboxylic acids is 3. The van der Waals surface area contributed by atoms with Gasteiger partial charge in [0, 0.05) is 18.7 Å². The molecular weight excluding hydrogens is 386 g/mol. The molecule has 1 aliphatic rings. The predicted molar refractivity (Wildman–Crippen MR) is 111 cm³/mol. The number of esters is 1. The van der Waals surface area contributed by atoms with Gasteiger partial charge in [0.15, 0.2) is 0 Å². The molecule has 3 rings (SSSR count). The molecule has 0 bridgehead atoms. The normalized spacial score (nSPS) is 13.2. The van der Waals surface area contributed by atoms with Crippen molar-refractivity contribution >= 4 is 23.5 Å². The van der Waals surface area contributed by atoms with Gasteiger partial charge in [0.25, 0.3) is 0 Å². The van der Waals surface area contributed by atoms with Gasteiger partial charge in [0.05, 0.1) is 25.3 Å². The molecule has 2 amide bonds. The highest BCUT2D eigenvalue weighted by Gasteiger charge is 2.21. The highest BCUT2D eigenvalue weighted by Crippen LogP contribution is 2.29. The highest BCUT2D eigenvalue weighted by molar-refractivity contribution is 6.39. The molecule has 0 unspecified atom stereocenters. The third kappa shape index (κ3) is 4.96. The maximum Gasteiger partial charge on any atom is 0.337 e. The first-order valence-electron chi connectivity index (χ1n) is 9.58. The predicted octanol–water partition coefficient (Wildman–Crippen LogP) is 1.77. The van der Waals surface area contributed by atoms with Crippen molar-refractivity contribution in [3.05, 3.63) is 59.2 Å². The van der Waals surface area contributed by atoms with Gasteiger partial charge >= 0.3 is 17.8 Å². The van der Waals surface area contributed by atoms with Crippen molar-refractivity contribution in [2.75, 3.05) is 39.7 Å². The summed E-state index contributed by atoms with van der Waals surface area (Å²) in [6, 6.07) is 12.0. The van der Waals surface area contributed by atoms with Crippen LogP contribution in [0, 0.1) is 0 Å². The fourth-order valence-electron chi connectivity index (χ4n) is 3.28. The molecule has 8 heteroatoms. The molecule has 2 aromatic rings. The van der Waals surface area contributed by atoms with Crippen LogP contribution in [0.4, 0.5) is 5.69 Å². The monoisotopic (exact) mass is 411 g/mol. The molecule has 2 aromatic carbocycles. The van der Waals surface area contributed by atoms with E-state index in [0.717, 1.165) is 23.3 Å². The average Bonchev–Trinajstić information content (AvgIpc) is 3.21. The van der Waals surface area contributed by atoms with Crippen LogP contribution >= 0.6 is 0 Å². The summed E-state index contributed by atoms with van der Waals surface area (Å²) in [6.45, 7) is 0.961. The zero-order valence-electron chi connectivity index (χ0n) is 17.2. The molecule has 0 saturated heterocycles. The Morgan fingerprint density at radius 1 is 1.10 bits per heavy atom. The van der Waals surface area contributed by atoms with Crippen LogP contribution in [0.1, 0.15) is 27.5 Å². The smallest absolute Gasteiger partial charge is 0.337 e. The minimum Gasteiger partial charge on any atom is -0.493 e. The molecule has 0 aliphatic carbocycles. The molecule has 0 radical (unpaired) electrons. The highest BCUT2D eigenvalue weighted by atomic mass is 16.5. The number of nitrogens with one attached hydrogen (secondary N) is 2. The number of nitrogens with zero attached hydrogens (tertiary/aromatic N) is 1. The van der Waals surface area contributed by atoms with Crippen molar-refractivity contribution in [3.8, 4) is 5.75 Å². The second kappa shape index (κ2) is 9.41. The van der Waals surface area contributed by atoms with Crippen LogP contribution in [0.5, 0.6) is 5.75 Å². The molecule has 2 N–H and O–H groups in total. The lowest BCUT2D eigenvalue weighted by Crippen LogP contribution is -2.40. The maximum absolute atomic E-state index is 12.3. The molecule has 30 heavy (non-hydrogen) atoms. The zero-order valence-corrected chi connectivity index (χ0v) is 17.2. The molecule has 0 fully saturated rings. The molecule has 8 nitrogen and oxygen atoms in total. The number of rotatable bonds is 6. The van der Waals surface area contributed by atoms with Crippen LogP contribution in [0.25, 0.3) is 0 Å². The SMILES string of the molecule is COC(=O)c1ccc(NC(=O)C(=O)NC[C@@H](c2ccc3c(c2)CCO3)N(C)C)cc1. The van der Waals surface area contributed by atoms with Crippen molar-refractivity contribution in [1.29, 1.82) is 0 Å². The summed E-state index contributed by atoms with van der Waals surface area (Å²) in [5, 5.41) is 5.21. The van der Waals surface area contributed by atoms with Gasteiger partial charge in [-0.1, -0.05) is 12.1 Å². The van der Waals surface area contributed by atoms with E-state index < -0.39 is 17.8 Å². The van der Waals surface area contributed by atoms with Crippen LogP contribution in [0.2, 0.25) is 0 Å². The van der Waals surface area contributed by atoms with Gasteiger partial charge in [0.1, 0.15) is 5.75 Å². The molecule has 0 spiro atoms. The van der Waals surface area contributed by atoms with Gasteiger partial charge < -0.3 is 25.0 Å². The number of hydrogen-bond donors (Lipinski definition) is 2. The van der Waals surface area contributed by atoms with Crippen LogP contribution in [-0.4, -0.2) is 57.0 Å². The number of ether oxygens (including phenoxy) is 2. The Morgan fingerprint density at radius 3 is 2.50 bits per heavy atom. The lowest BCUT2D eigenvalue weighted by Gasteiger charge is -2.25. The van der Waals surface area contributed by atoms with Crippen molar-refractivity contribution in [2.45, 2.75) is 12.5 Å². The molecule has 0 aromatic heterocycles. The largest absolute Gasteiger partial charge is 0.493 e. The quantitative estimate of drug-likeness (QED) is 0.556. The summed E-state index contributed by atoms with van der Waals surface area (Å²) in [5.74, 6) is -1.08. The minimum absolute atomic E-state index is 0.0908. The lowest BCUT2D eigenvalue weighted by atomic mass is 10.0. The van der Waals surface area contributed by atoms with Crippen molar-refractivity contribution in [1.82, 2.24) is 10.2 Å². The summed E-state index contributed by atoms with van der Waals surface area (Å²) < 4.78 is 10.2. The van der Waals surface area contributed by atoms with Gasteiger partial charge in [0.2, 0.25) is 0 Å². The molecule has 158 valence electrons. The number of amides is 2. The zero-order chi connectivity index (χ0) is 21.7. The Hall–Kier alpha value is -3.39. The van der Waals surface area contributed by atoms with E-state index >= 15 is 0 Å². The number of benzene rings is 2. The van der Waals surface area contributed by atoms with Crippen LogP contribution in [0.15, 0.2) is 42.5 Å². The molecule has 0 saturated carbocycles. The van der Waals surface area contributed by atoms with Crippen molar-refractivity contribution in [3.63, 3.8) is 0 Å². The van der Waals surface area contributed by atoms with E-state index in [-0.39, 0.29) is 12.6 Å². The van der Waals surface area contributed by atoms with Crippen molar-refractivity contribution in [2.24, 2.45) is 0 Å². The second-order valence-electron chi connectivity index (χ2n) is 7.18. The van der Waals surface area contributed by atoms with Crippen LogP contribution in [0.3, 0.4) is 0 Å². The summed E-state index contributed by atoms with van der Waals surface area (Å²) >= 11 is 0. The van der Waals surface area contributed by atoms with E-state index in [1.807, 2.05) is 31.1 Å². The van der Waals surface area contributed by atoms with Crippen molar-refractivity contribution < 1.29 is 23.9 Å².